The molecule has 1 aliphatic rings. The Morgan fingerprint density at radius 2 is 2.11 bits per heavy atom. The molecule has 1 aromatic rings. The number of hydrogen-bond acceptors (Lipinski definition) is 5. The van der Waals surface area contributed by atoms with Crippen molar-refractivity contribution in [2.24, 2.45) is 0 Å². The zero-order valence-electron chi connectivity index (χ0n) is 10.2. The average Bonchev–Trinajstić information content (AvgIpc) is 2.46. The lowest BCUT2D eigenvalue weighted by atomic mass is 10.1. The molecule has 1 heterocycles. The molecule has 0 unspecified atom stereocenters. The van der Waals surface area contributed by atoms with Crippen molar-refractivity contribution in [3.63, 3.8) is 0 Å². The maximum Gasteiger partial charge on any atom is 0.259 e. The lowest BCUT2D eigenvalue weighted by Crippen LogP contribution is -2.32. The van der Waals surface area contributed by atoms with Crippen LogP contribution in [0.1, 0.15) is 10.4 Å². The van der Waals surface area contributed by atoms with E-state index in [0.717, 1.165) is 5.69 Å². The molecule has 6 heteroatoms. The van der Waals surface area contributed by atoms with Crippen LogP contribution in [0.25, 0.3) is 0 Å². The molecule has 0 aromatic heterocycles. The van der Waals surface area contributed by atoms with Crippen molar-refractivity contribution in [3.05, 3.63) is 23.8 Å². The number of fused-ring (bicyclic) bond motifs is 1. The first-order valence-corrected chi connectivity index (χ1v) is 5.80. The standard InChI is InChI=1S/C13H12N4O2/c14-4-7-17(8-5-15)13(18)10-2-1-3-11-12(10)19-9-6-16-11/h1-3,16H,6-9H2. The van der Waals surface area contributed by atoms with E-state index < -0.39 is 0 Å². The molecule has 6 nitrogen and oxygen atoms in total. The number of rotatable bonds is 3. The van der Waals surface area contributed by atoms with Gasteiger partial charge in [0.15, 0.2) is 5.75 Å². The van der Waals surface area contributed by atoms with Gasteiger partial charge in [0.2, 0.25) is 0 Å². The summed E-state index contributed by atoms with van der Waals surface area (Å²) < 4.78 is 5.51. The highest BCUT2D eigenvalue weighted by Crippen LogP contribution is 2.31. The van der Waals surface area contributed by atoms with E-state index >= 15 is 0 Å². The second-order valence-corrected chi connectivity index (χ2v) is 3.93. The smallest absolute Gasteiger partial charge is 0.259 e. The van der Waals surface area contributed by atoms with Gasteiger partial charge in [0.25, 0.3) is 5.91 Å². The first-order chi connectivity index (χ1) is 9.27. The Morgan fingerprint density at radius 3 is 2.79 bits per heavy atom. The first kappa shape index (κ1) is 12.7. The van der Waals surface area contributed by atoms with Crippen LogP contribution in [0.3, 0.4) is 0 Å². The van der Waals surface area contributed by atoms with Crippen LogP contribution in [-0.4, -0.2) is 37.0 Å². The molecule has 1 aromatic carbocycles. The molecule has 0 saturated carbocycles. The number of nitrogens with one attached hydrogen (secondary N) is 1. The number of benzene rings is 1. The highest BCUT2D eigenvalue weighted by atomic mass is 16.5. The third-order valence-electron chi connectivity index (χ3n) is 2.72. The fraction of sp³-hybridized carbons (Fsp3) is 0.308. The summed E-state index contributed by atoms with van der Waals surface area (Å²) >= 11 is 0. The zero-order valence-corrected chi connectivity index (χ0v) is 10.2. The molecular formula is C13H12N4O2. The van der Waals surface area contributed by atoms with Crippen molar-refractivity contribution in [3.8, 4) is 17.9 Å². The van der Waals surface area contributed by atoms with Crippen molar-refractivity contribution in [1.29, 1.82) is 10.5 Å². The van der Waals surface area contributed by atoms with Gasteiger partial charge in [-0.2, -0.15) is 10.5 Å². The largest absolute Gasteiger partial charge is 0.489 e. The second-order valence-electron chi connectivity index (χ2n) is 3.93. The maximum absolute atomic E-state index is 12.3. The summed E-state index contributed by atoms with van der Waals surface area (Å²) in [5.41, 5.74) is 1.13. The van der Waals surface area contributed by atoms with Crippen molar-refractivity contribution in [2.45, 2.75) is 0 Å². The molecule has 19 heavy (non-hydrogen) atoms. The Kier molecular flexibility index (Phi) is 3.84. The molecule has 0 atom stereocenters. The Hall–Kier alpha value is -2.73. The summed E-state index contributed by atoms with van der Waals surface area (Å²) in [4.78, 5) is 13.5. The maximum atomic E-state index is 12.3. The summed E-state index contributed by atoms with van der Waals surface area (Å²) in [7, 11) is 0. The van der Waals surface area contributed by atoms with Gasteiger partial charge >= 0.3 is 0 Å². The van der Waals surface area contributed by atoms with Crippen LogP contribution in [0.15, 0.2) is 18.2 Å². The van der Waals surface area contributed by atoms with Crippen molar-refractivity contribution in [1.82, 2.24) is 4.90 Å². The van der Waals surface area contributed by atoms with Crippen molar-refractivity contribution < 1.29 is 9.53 Å². The van der Waals surface area contributed by atoms with Crippen LogP contribution in [0.4, 0.5) is 5.69 Å². The SMILES string of the molecule is N#CCN(CC#N)C(=O)c1cccc2c1OCCN2. The molecule has 0 spiro atoms. The molecule has 0 bridgehead atoms. The molecule has 2 rings (SSSR count). The van der Waals surface area contributed by atoms with Crippen LogP contribution in [0.5, 0.6) is 5.75 Å². The van der Waals surface area contributed by atoms with Crippen LogP contribution in [0, 0.1) is 22.7 Å². The summed E-state index contributed by atoms with van der Waals surface area (Å²) in [5, 5.41) is 20.5. The molecule has 0 radical (unpaired) electrons. The molecule has 0 aliphatic carbocycles. The van der Waals surface area contributed by atoms with Gasteiger partial charge in [-0.1, -0.05) is 6.07 Å². The van der Waals surface area contributed by atoms with Gasteiger partial charge in [0.1, 0.15) is 19.7 Å². The molecular weight excluding hydrogens is 244 g/mol. The molecule has 0 fully saturated rings. The van der Waals surface area contributed by atoms with Crippen molar-refractivity contribution >= 4 is 11.6 Å². The highest BCUT2D eigenvalue weighted by Gasteiger charge is 2.23. The van der Waals surface area contributed by atoms with Gasteiger partial charge in [0, 0.05) is 6.54 Å². The summed E-state index contributed by atoms with van der Waals surface area (Å²) in [6.07, 6.45) is 0. The Balaban J connectivity index is 2.33. The van der Waals surface area contributed by atoms with E-state index in [1.807, 2.05) is 18.2 Å². The highest BCUT2D eigenvalue weighted by molar-refractivity contribution is 5.99. The molecule has 1 aliphatic heterocycles. The fourth-order valence-electron chi connectivity index (χ4n) is 1.88. The Labute approximate surface area is 110 Å². The Bertz CT molecular complexity index is 555. The van der Waals surface area contributed by atoms with Crippen molar-refractivity contribution in [2.75, 3.05) is 31.6 Å². The van der Waals surface area contributed by atoms with Gasteiger partial charge < -0.3 is 15.0 Å². The number of nitriles is 2. The third-order valence-corrected chi connectivity index (χ3v) is 2.72. The zero-order chi connectivity index (χ0) is 13.7. The lowest BCUT2D eigenvalue weighted by molar-refractivity contribution is 0.0790. The van der Waals surface area contributed by atoms with Crippen LogP contribution >= 0.6 is 0 Å². The Morgan fingerprint density at radius 1 is 1.37 bits per heavy atom. The number of para-hydroxylation sites is 1. The summed E-state index contributed by atoms with van der Waals surface area (Å²) in [6, 6.07) is 8.96. The van der Waals surface area contributed by atoms with E-state index in [1.54, 1.807) is 12.1 Å². The predicted octanol–water partition coefficient (Wildman–Crippen LogP) is 0.980. The van der Waals surface area contributed by atoms with Gasteiger partial charge in [-0.05, 0) is 12.1 Å². The summed E-state index contributed by atoms with van der Waals surface area (Å²) in [6.45, 7) is 0.922. The van der Waals surface area contributed by atoms with E-state index in [2.05, 4.69) is 5.32 Å². The number of nitrogens with zero attached hydrogens (tertiary/aromatic N) is 3. The van der Waals surface area contributed by atoms with E-state index in [4.69, 9.17) is 15.3 Å². The monoisotopic (exact) mass is 256 g/mol. The topological polar surface area (TPSA) is 89.2 Å². The number of ether oxygens (including phenoxy) is 1. The average molecular weight is 256 g/mol. The van der Waals surface area contributed by atoms with Crippen LogP contribution in [-0.2, 0) is 0 Å². The van der Waals surface area contributed by atoms with Gasteiger partial charge in [0.05, 0.1) is 23.4 Å². The van der Waals surface area contributed by atoms with E-state index in [-0.39, 0.29) is 19.0 Å². The lowest BCUT2D eigenvalue weighted by Gasteiger charge is -2.23. The fourth-order valence-corrected chi connectivity index (χ4v) is 1.88. The number of carbonyl (C=O) groups excluding carboxylic acids is 1. The minimum absolute atomic E-state index is 0.122. The molecule has 0 saturated heterocycles. The van der Waals surface area contributed by atoms with Gasteiger partial charge in [-0.15, -0.1) is 0 Å². The number of amides is 1. The minimum atomic E-state index is -0.372. The summed E-state index contributed by atoms with van der Waals surface area (Å²) in [5.74, 6) is 0.114. The predicted molar refractivity (Wildman–Crippen MR) is 67.6 cm³/mol. The number of anilines is 1. The van der Waals surface area contributed by atoms with E-state index in [0.29, 0.717) is 24.5 Å². The third kappa shape index (κ3) is 2.58. The first-order valence-electron chi connectivity index (χ1n) is 5.80. The van der Waals surface area contributed by atoms with Gasteiger partial charge in [-0.25, -0.2) is 0 Å². The number of hydrogen-bond donors (Lipinski definition) is 1. The van der Waals surface area contributed by atoms with Crippen LogP contribution in [0.2, 0.25) is 0 Å². The van der Waals surface area contributed by atoms with E-state index in [1.165, 1.54) is 4.90 Å². The van der Waals surface area contributed by atoms with Gasteiger partial charge in [-0.3, -0.25) is 4.79 Å². The normalized spacial score (nSPS) is 12.1. The van der Waals surface area contributed by atoms with Crippen LogP contribution < -0.4 is 10.1 Å². The van der Waals surface area contributed by atoms with E-state index in [9.17, 15) is 4.79 Å². The molecule has 1 amide bonds. The quantitative estimate of drug-likeness (QED) is 0.814. The second kappa shape index (κ2) is 5.74. The molecule has 96 valence electrons. The number of carbonyl (C=O) groups is 1. The molecule has 1 N–H and O–H groups in total. The minimum Gasteiger partial charge on any atom is -0.489 e.